The van der Waals surface area contributed by atoms with Gasteiger partial charge in [-0.2, -0.15) is 0 Å². The highest BCUT2D eigenvalue weighted by molar-refractivity contribution is 5.36. The normalized spacial score (nSPS) is 21.0. The van der Waals surface area contributed by atoms with Gasteiger partial charge in [-0.3, -0.25) is 0 Å². The lowest BCUT2D eigenvalue weighted by molar-refractivity contribution is 0.155. The van der Waals surface area contributed by atoms with E-state index in [0.717, 1.165) is 74.2 Å². The molecule has 0 aromatic heterocycles. The van der Waals surface area contributed by atoms with Crippen LogP contribution in [0.3, 0.4) is 0 Å². The Kier molecular flexibility index (Phi) is 5.58. The number of nitrogens with one attached hydrogen (secondary N) is 1. The molecule has 2 unspecified atom stereocenters. The smallest absolute Gasteiger partial charge is 0.123 e. The number of fused-ring (bicyclic) bond motifs is 2. The molecule has 4 rings (SSSR count). The second kappa shape index (κ2) is 8.26. The molecule has 2 atom stereocenters. The number of benzene rings is 2. The van der Waals surface area contributed by atoms with Crippen molar-refractivity contribution in [3.05, 3.63) is 59.2 Å². The first-order valence-electron chi connectivity index (χ1n) is 9.78. The molecule has 2 aliphatic rings. The summed E-state index contributed by atoms with van der Waals surface area (Å²) in [5, 5.41) is 3.47. The molecule has 27 heavy (non-hydrogen) atoms. The van der Waals surface area contributed by atoms with Crippen molar-refractivity contribution in [2.75, 3.05) is 13.1 Å². The fourth-order valence-electron chi connectivity index (χ4n) is 3.88. The van der Waals surface area contributed by atoms with Gasteiger partial charge in [0.05, 0.1) is 0 Å². The van der Waals surface area contributed by atoms with Crippen LogP contribution in [0.2, 0.25) is 0 Å². The monoisotopic (exact) mass is 373 g/mol. The lowest BCUT2D eigenvalue weighted by Gasteiger charge is -2.27. The average molecular weight is 373 g/mol. The van der Waals surface area contributed by atoms with Gasteiger partial charge in [-0.1, -0.05) is 0 Å². The predicted octanol–water partition coefficient (Wildman–Crippen LogP) is 4.42. The van der Waals surface area contributed by atoms with Gasteiger partial charge in [0.25, 0.3) is 0 Å². The molecule has 0 fully saturated rings. The minimum atomic E-state index is -0.199. The van der Waals surface area contributed by atoms with Gasteiger partial charge >= 0.3 is 0 Å². The van der Waals surface area contributed by atoms with E-state index >= 15 is 0 Å². The summed E-state index contributed by atoms with van der Waals surface area (Å²) >= 11 is 0. The molecule has 2 aromatic carbocycles. The highest BCUT2D eigenvalue weighted by Crippen LogP contribution is 2.30. The van der Waals surface area contributed by atoms with Crippen LogP contribution in [0.25, 0.3) is 0 Å². The quantitative estimate of drug-likeness (QED) is 0.761. The van der Waals surface area contributed by atoms with Crippen molar-refractivity contribution in [1.29, 1.82) is 0 Å². The maximum Gasteiger partial charge on any atom is 0.123 e. The zero-order valence-corrected chi connectivity index (χ0v) is 15.3. The van der Waals surface area contributed by atoms with Gasteiger partial charge in [0.1, 0.15) is 35.3 Å². The largest absolute Gasteiger partial charge is 0.490 e. The van der Waals surface area contributed by atoms with Gasteiger partial charge in [-0.15, -0.1) is 0 Å². The van der Waals surface area contributed by atoms with Crippen molar-refractivity contribution >= 4 is 0 Å². The molecular weight excluding hydrogens is 348 g/mol. The molecule has 2 aromatic rings. The summed E-state index contributed by atoms with van der Waals surface area (Å²) in [6.07, 6.45) is 5.83. The van der Waals surface area contributed by atoms with Crippen LogP contribution in [0, 0.1) is 11.6 Å². The van der Waals surface area contributed by atoms with E-state index < -0.39 is 0 Å². The van der Waals surface area contributed by atoms with E-state index in [1.807, 2.05) is 0 Å². The summed E-state index contributed by atoms with van der Waals surface area (Å²) in [6, 6.07) is 9.51. The molecule has 3 nitrogen and oxygen atoms in total. The second-order valence-electron chi connectivity index (χ2n) is 7.39. The first kappa shape index (κ1) is 18.2. The van der Waals surface area contributed by atoms with Crippen LogP contribution in [0.15, 0.2) is 36.4 Å². The van der Waals surface area contributed by atoms with Crippen LogP contribution in [0.4, 0.5) is 8.78 Å². The van der Waals surface area contributed by atoms with E-state index in [0.29, 0.717) is 0 Å². The van der Waals surface area contributed by atoms with Gasteiger partial charge < -0.3 is 14.8 Å². The summed E-state index contributed by atoms with van der Waals surface area (Å²) in [5.74, 6) is 1.24. The fraction of sp³-hybridized carbons (Fsp3) is 0.455. The Balaban J connectivity index is 1.15. The number of rotatable bonds is 6. The molecule has 0 spiro atoms. The zero-order valence-electron chi connectivity index (χ0n) is 15.3. The van der Waals surface area contributed by atoms with Crippen LogP contribution < -0.4 is 14.8 Å². The van der Waals surface area contributed by atoms with Gasteiger partial charge in [0.15, 0.2) is 0 Å². The molecule has 0 amide bonds. The number of aryl methyl sites for hydroxylation is 2. The van der Waals surface area contributed by atoms with Crippen molar-refractivity contribution in [3.63, 3.8) is 0 Å². The molecule has 1 N–H and O–H groups in total. The third-order valence-corrected chi connectivity index (χ3v) is 5.39. The molecule has 0 saturated carbocycles. The highest BCUT2D eigenvalue weighted by Gasteiger charge is 2.21. The Morgan fingerprint density at radius 2 is 1.26 bits per heavy atom. The molecule has 2 aliphatic heterocycles. The summed E-state index contributed by atoms with van der Waals surface area (Å²) in [4.78, 5) is 0. The number of halogens is 2. The third-order valence-electron chi connectivity index (χ3n) is 5.39. The summed E-state index contributed by atoms with van der Waals surface area (Å²) in [6.45, 7) is 1.77. The molecule has 0 bridgehead atoms. The lowest BCUT2D eigenvalue weighted by Crippen LogP contribution is -2.31. The summed E-state index contributed by atoms with van der Waals surface area (Å²) in [5.41, 5.74) is 1.93. The number of hydrogen-bond acceptors (Lipinski definition) is 3. The van der Waals surface area contributed by atoms with Gasteiger partial charge in [-0.05, 0) is 99.1 Å². The Morgan fingerprint density at radius 1 is 0.778 bits per heavy atom. The summed E-state index contributed by atoms with van der Waals surface area (Å²) in [7, 11) is 0. The molecule has 0 saturated heterocycles. The SMILES string of the molecule is Fc1ccc2c(c1)CCC(CCNCCC1CCc3cc(F)ccc3O1)O2. The zero-order chi connectivity index (χ0) is 18.6. The standard InChI is InChI=1S/C22H25F2NO2/c23-17-3-7-21-15(13-17)1-5-19(26-21)9-11-25-12-10-20-6-2-16-14-18(24)4-8-22(16)27-20/h3-4,7-8,13-14,19-20,25H,1-2,5-6,9-12H2. The molecule has 5 heteroatoms. The highest BCUT2D eigenvalue weighted by atomic mass is 19.1. The van der Waals surface area contributed by atoms with E-state index in [1.54, 1.807) is 24.3 Å². The van der Waals surface area contributed by atoms with Crippen LogP contribution >= 0.6 is 0 Å². The topological polar surface area (TPSA) is 30.5 Å². The molecule has 2 heterocycles. The van der Waals surface area contributed by atoms with Crippen molar-refractivity contribution in [2.45, 2.75) is 50.7 Å². The predicted molar refractivity (Wildman–Crippen MR) is 100 cm³/mol. The molecule has 0 radical (unpaired) electrons. The minimum Gasteiger partial charge on any atom is -0.490 e. The van der Waals surface area contributed by atoms with E-state index in [4.69, 9.17) is 9.47 Å². The average Bonchev–Trinajstić information content (AvgIpc) is 2.68. The van der Waals surface area contributed by atoms with Crippen LogP contribution in [-0.2, 0) is 12.8 Å². The van der Waals surface area contributed by atoms with Crippen LogP contribution in [0.1, 0.15) is 36.8 Å². The van der Waals surface area contributed by atoms with E-state index in [2.05, 4.69) is 5.32 Å². The van der Waals surface area contributed by atoms with E-state index in [1.165, 1.54) is 12.1 Å². The van der Waals surface area contributed by atoms with Crippen molar-refractivity contribution in [3.8, 4) is 11.5 Å². The Bertz CT molecular complexity index is 730. The lowest BCUT2D eigenvalue weighted by atomic mass is 10.00. The maximum absolute atomic E-state index is 13.2. The van der Waals surface area contributed by atoms with Gasteiger partial charge in [0, 0.05) is 0 Å². The Hall–Kier alpha value is -2.14. The maximum atomic E-state index is 13.2. The Morgan fingerprint density at radius 3 is 1.74 bits per heavy atom. The minimum absolute atomic E-state index is 0.183. The first-order chi connectivity index (χ1) is 13.2. The van der Waals surface area contributed by atoms with E-state index in [-0.39, 0.29) is 23.8 Å². The first-order valence-corrected chi connectivity index (χ1v) is 9.78. The van der Waals surface area contributed by atoms with Gasteiger partial charge in [0.2, 0.25) is 0 Å². The second-order valence-corrected chi connectivity index (χ2v) is 7.39. The molecule has 0 aliphatic carbocycles. The number of ether oxygens (including phenoxy) is 2. The fourth-order valence-corrected chi connectivity index (χ4v) is 3.88. The number of hydrogen-bond donors (Lipinski definition) is 1. The van der Waals surface area contributed by atoms with Crippen molar-refractivity contribution < 1.29 is 18.3 Å². The molecular formula is C22H25F2NO2. The third kappa shape index (κ3) is 4.59. The van der Waals surface area contributed by atoms with Crippen molar-refractivity contribution in [2.24, 2.45) is 0 Å². The van der Waals surface area contributed by atoms with Crippen molar-refractivity contribution in [1.82, 2.24) is 5.32 Å². The van der Waals surface area contributed by atoms with Gasteiger partial charge in [-0.25, -0.2) is 8.78 Å². The molecule has 144 valence electrons. The van der Waals surface area contributed by atoms with E-state index in [9.17, 15) is 8.78 Å². The Labute approximate surface area is 158 Å². The summed E-state index contributed by atoms with van der Waals surface area (Å²) < 4.78 is 38.4. The van der Waals surface area contributed by atoms with Crippen LogP contribution in [0.5, 0.6) is 11.5 Å². The van der Waals surface area contributed by atoms with Crippen LogP contribution in [-0.4, -0.2) is 25.3 Å².